The van der Waals surface area contributed by atoms with E-state index in [1.165, 1.54) is 27.4 Å². The molecule has 224 valence electrons. The molecule has 0 aliphatic rings. The van der Waals surface area contributed by atoms with E-state index in [4.69, 9.17) is 15.0 Å². The monoisotopic (exact) mass is 613 g/mol. The van der Waals surface area contributed by atoms with Gasteiger partial charge in [-0.25, -0.2) is 15.0 Å². The first-order valence-electron chi connectivity index (χ1n) is 16.1. The Morgan fingerprint density at radius 2 is 1.17 bits per heavy atom. The predicted molar refractivity (Wildman–Crippen MR) is 197 cm³/mol. The average Bonchev–Trinajstić information content (AvgIpc) is 3.68. The van der Waals surface area contributed by atoms with E-state index < -0.39 is 0 Å². The van der Waals surface area contributed by atoms with Crippen LogP contribution >= 0.6 is 0 Å². The summed E-state index contributed by atoms with van der Waals surface area (Å²) in [5.74, 6) is 0.599. The fourth-order valence-electron chi connectivity index (χ4n) is 7.31. The Hall–Kier alpha value is -6.59. The van der Waals surface area contributed by atoms with Gasteiger partial charge in [-0.3, -0.25) is 4.57 Å². The summed E-state index contributed by atoms with van der Waals surface area (Å²) in [6.45, 7) is 0. The van der Waals surface area contributed by atoms with Crippen LogP contribution in [0.4, 0.5) is 0 Å². The summed E-state index contributed by atoms with van der Waals surface area (Å²) >= 11 is 0. The normalized spacial score (nSPS) is 11.8. The van der Waals surface area contributed by atoms with E-state index in [1.807, 2.05) is 30.5 Å². The third kappa shape index (κ3) is 3.94. The van der Waals surface area contributed by atoms with Gasteiger partial charge in [-0.05, 0) is 59.7 Å². The van der Waals surface area contributed by atoms with Crippen LogP contribution in [0.25, 0.3) is 88.7 Å². The highest BCUT2D eigenvalue weighted by Gasteiger charge is 2.20. The smallest absolute Gasteiger partial charge is 0.237 e. The van der Waals surface area contributed by atoms with Gasteiger partial charge in [-0.2, -0.15) is 0 Å². The minimum absolute atomic E-state index is 0.599. The van der Waals surface area contributed by atoms with Crippen LogP contribution in [0.3, 0.4) is 0 Å². The maximum Gasteiger partial charge on any atom is 0.237 e. The van der Waals surface area contributed by atoms with Crippen molar-refractivity contribution in [3.8, 4) is 34.0 Å². The van der Waals surface area contributed by atoms with Crippen molar-refractivity contribution in [3.05, 3.63) is 164 Å². The minimum Gasteiger partial charge on any atom is -0.309 e. The van der Waals surface area contributed by atoms with Crippen molar-refractivity contribution in [2.45, 2.75) is 0 Å². The number of pyridine rings is 1. The molecule has 0 bridgehead atoms. The van der Waals surface area contributed by atoms with Gasteiger partial charge >= 0.3 is 0 Å². The van der Waals surface area contributed by atoms with E-state index in [0.717, 1.165) is 55.3 Å². The highest BCUT2D eigenvalue weighted by molar-refractivity contribution is 6.17. The Morgan fingerprint density at radius 1 is 0.438 bits per heavy atom. The van der Waals surface area contributed by atoms with Gasteiger partial charge in [-0.1, -0.05) is 109 Å². The molecule has 5 heteroatoms. The maximum atomic E-state index is 5.25. The van der Waals surface area contributed by atoms with Crippen LogP contribution in [-0.2, 0) is 0 Å². The quantitative estimate of drug-likeness (QED) is 0.198. The maximum absolute atomic E-state index is 5.25. The number of aromatic nitrogens is 5. The van der Waals surface area contributed by atoms with E-state index >= 15 is 0 Å². The zero-order chi connectivity index (χ0) is 31.6. The fraction of sp³-hybridized carbons (Fsp3) is 0. The Labute approximate surface area is 276 Å². The van der Waals surface area contributed by atoms with E-state index in [1.54, 1.807) is 0 Å². The molecule has 0 aliphatic carbocycles. The lowest BCUT2D eigenvalue weighted by Gasteiger charge is -2.12. The van der Waals surface area contributed by atoms with Crippen LogP contribution < -0.4 is 0 Å². The van der Waals surface area contributed by atoms with Gasteiger partial charge < -0.3 is 4.57 Å². The predicted octanol–water partition coefficient (Wildman–Crippen LogP) is 10.6. The molecular formula is C43H27N5. The van der Waals surface area contributed by atoms with Gasteiger partial charge in [0.1, 0.15) is 5.65 Å². The molecule has 0 N–H and O–H groups in total. The first kappa shape index (κ1) is 26.6. The molecule has 48 heavy (non-hydrogen) atoms. The number of hydrogen-bond donors (Lipinski definition) is 0. The van der Waals surface area contributed by atoms with Crippen LogP contribution in [-0.4, -0.2) is 24.1 Å². The molecule has 0 aliphatic heterocycles. The van der Waals surface area contributed by atoms with Gasteiger partial charge in [0.05, 0.1) is 27.8 Å². The molecule has 10 aromatic rings. The van der Waals surface area contributed by atoms with Crippen LogP contribution in [0.2, 0.25) is 0 Å². The zero-order valence-corrected chi connectivity index (χ0v) is 25.8. The van der Waals surface area contributed by atoms with Crippen LogP contribution in [0.5, 0.6) is 0 Å². The summed E-state index contributed by atoms with van der Waals surface area (Å²) in [5, 5.41) is 5.64. The molecular weight excluding hydrogens is 587 g/mol. The number of benzene rings is 6. The third-order valence-electron chi connectivity index (χ3n) is 9.39. The van der Waals surface area contributed by atoms with Gasteiger partial charge in [0.25, 0.3) is 0 Å². The van der Waals surface area contributed by atoms with E-state index in [9.17, 15) is 0 Å². The van der Waals surface area contributed by atoms with Gasteiger partial charge in [0, 0.05) is 44.4 Å². The Bertz CT molecular complexity index is 2830. The summed E-state index contributed by atoms with van der Waals surface area (Å²) in [5.41, 5.74) is 10.5. The van der Waals surface area contributed by atoms with Crippen molar-refractivity contribution in [1.82, 2.24) is 24.1 Å². The summed E-state index contributed by atoms with van der Waals surface area (Å²) in [7, 11) is 0. The van der Waals surface area contributed by atoms with Crippen LogP contribution in [0.15, 0.2) is 164 Å². The topological polar surface area (TPSA) is 48.5 Å². The van der Waals surface area contributed by atoms with E-state index in [-0.39, 0.29) is 0 Å². The van der Waals surface area contributed by atoms with Gasteiger partial charge in [-0.15, -0.1) is 0 Å². The van der Waals surface area contributed by atoms with Gasteiger partial charge in [0.15, 0.2) is 0 Å². The first-order chi connectivity index (χ1) is 23.8. The SMILES string of the molecule is c1ccc(-c2nc(-n3c4cc(-c5cccc6c5c5ccccc5n6-c5ccccc5)ccc4c4cccnc43)nc3ccccc23)cc1. The molecule has 0 amide bonds. The second-order valence-electron chi connectivity index (χ2n) is 12.1. The molecule has 0 fully saturated rings. The molecule has 6 aromatic carbocycles. The molecule has 0 radical (unpaired) electrons. The highest BCUT2D eigenvalue weighted by atomic mass is 15.2. The second-order valence-corrected chi connectivity index (χ2v) is 12.1. The van der Waals surface area contributed by atoms with Crippen molar-refractivity contribution >= 4 is 54.6 Å². The highest BCUT2D eigenvalue weighted by Crippen LogP contribution is 2.40. The molecule has 0 saturated heterocycles. The summed E-state index contributed by atoms with van der Waals surface area (Å²) in [6.07, 6.45) is 1.84. The first-order valence-corrected chi connectivity index (χ1v) is 16.1. The Kier molecular flexibility index (Phi) is 5.81. The van der Waals surface area contributed by atoms with E-state index in [0.29, 0.717) is 5.95 Å². The van der Waals surface area contributed by atoms with Gasteiger partial charge in [0.2, 0.25) is 5.95 Å². The lowest BCUT2D eigenvalue weighted by atomic mass is 9.98. The molecule has 0 unspecified atom stereocenters. The second kappa shape index (κ2) is 10.5. The Balaban J connectivity index is 1.27. The molecule has 0 atom stereocenters. The largest absolute Gasteiger partial charge is 0.309 e. The Morgan fingerprint density at radius 3 is 2.04 bits per heavy atom. The number of nitrogens with zero attached hydrogens (tertiary/aromatic N) is 5. The molecule has 0 spiro atoms. The van der Waals surface area contributed by atoms with Crippen LogP contribution in [0.1, 0.15) is 0 Å². The number of para-hydroxylation sites is 3. The minimum atomic E-state index is 0.599. The molecule has 10 rings (SSSR count). The number of hydrogen-bond acceptors (Lipinski definition) is 3. The third-order valence-corrected chi connectivity index (χ3v) is 9.39. The standard InChI is InChI=1S/C43H27N5/c1-3-13-28(14-4-1)41-34-17-7-9-21-36(34)45-43(46-41)48-39-27-29(24-25-32(39)33-20-12-26-44-42(33)48)31-19-11-23-38-40(31)35-18-8-10-22-37(35)47(38)30-15-5-2-6-16-30/h1-27H. The molecule has 4 heterocycles. The molecule has 5 nitrogen and oxygen atoms in total. The summed E-state index contributed by atoms with van der Waals surface area (Å²) in [6, 6.07) is 55.3. The lowest BCUT2D eigenvalue weighted by molar-refractivity contribution is 0.998. The zero-order valence-electron chi connectivity index (χ0n) is 25.8. The molecule has 4 aromatic heterocycles. The number of fused-ring (bicyclic) bond motifs is 7. The molecule has 0 saturated carbocycles. The summed E-state index contributed by atoms with van der Waals surface area (Å²) < 4.78 is 4.49. The number of rotatable bonds is 4. The lowest BCUT2D eigenvalue weighted by Crippen LogP contribution is -2.04. The van der Waals surface area contributed by atoms with Crippen molar-refractivity contribution < 1.29 is 0 Å². The summed E-state index contributed by atoms with van der Waals surface area (Å²) in [4.78, 5) is 15.3. The van der Waals surface area contributed by atoms with Crippen molar-refractivity contribution in [2.24, 2.45) is 0 Å². The van der Waals surface area contributed by atoms with Crippen LogP contribution in [0, 0.1) is 0 Å². The van der Waals surface area contributed by atoms with E-state index in [2.05, 4.69) is 143 Å². The fourth-order valence-corrected chi connectivity index (χ4v) is 7.31. The van der Waals surface area contributed by atoms with Crippen molar-refractivity contribution in [2.75, 3.05) is 0 Å². The van der Waals surface area contributed by atoms with Crippen molar-refractivity contribution in [3.63, 3.8) is 0 Å². The van der Waals surface area contributed by atoms with Crippen molar-refractivity contribution in [1.29, 1.82) is 0 Å². The average molecular weight is 614 g/mol.